The zero-order valence-electron chi connectivity index (χ0n) is 10.9. The van der Waals surface area contributed by atoms with Gasteiger partial charge in [-0.1, -0.05) is 24.4 Å². The summed E-state index contributed by atoms with van der Waals surface area (Å²) in [6.07, 6.45) is 2.97. The quantitative estimate of drug-likeness (QED) is 0.847. The lowest BCUT2D eigenvalue weighted by Crippen LogP contribution is -2.30. The maximum Gasteiger partial charge on any atom is 0.106 e. The molecule has 0 aromatic heterocycles. The van der Waals surface area contributed by atoms with E-state index in [4.69, 9.17) is 22.7 Å². The van der Waals surface area contributed by atoms with Gasteiger partial charge in [0.05, 0.1) is 12.2 Å². The molecule has 0 aliphatic carbocycles. The Hall–Kier alpha value is -1.13. The van der Waals surface area contributed by atoms with Crippen LogP contribution in [0.5, 0.6) is 0 Å². The molecule has 0 amide bonds. The lowest BCUT2D eigenvalue weighted by atomic mass is 10.1. The molecule has 1 aromatic carbocycles. The summed E-state index contributed by atoms with van der Waals surface area (Å²) in [4.78, 5) is 2.62. The SMILES string of the molecule is CC1CCC(CN(C)c2ccccc2C(N)=S)O1. The number of ether oxygens (including phenoxy) is 1. The first kappa shape index (κ1) is 13.3. The summed E-state index contributed by atoms with van der Waals surface area (Å²) in [5.74, 6) is 0. The van der Waals surface area contributed by atoms with Crippen LogP contribution in [0.25, 0.3) is 0 Å². The molecule has 3 nitrogen and oxygen atoms in total. The first-order valence-electron chi connectivity index (χ1n) is 6.33. The Morgan fingerprint density at radius 1 is 1.44 bits per heavy atom. The van der Waals surface area contributed by atoms with E-state index in [9.17, 15) is 0 Å². The van der Waals surface area contributed by atoms with E-state index in [1.807, 2.05) is 24.3 Å². The molecule has 98 valence electrons. The number of rotatable bonds is 4. The van der Waals surface area contributed by atoms with Crippen LogP contribution in [-0.4, -0.2) is 30.8 Å². The summed E-state index contributed by atoms with van der Waals surface area (Å²) < 4.78 is 5.85. The van der Waals surface area contributed by atoms with Crippen LogP contribution in [0, 0.1) is 0 Å². The lowest BCUT2D eigenvalue weighted by molar-refractivity contribution is 0.0606. The maximum absolute atomic E-state index is 5.85. The Bertz CT molecular complexity index is 436. The van der Waals surface area contributed by atoms with Crippen LogP contribution in [0.4, 0.5) is 5.69 Å². The highest BCUT2D eigenvalue weighted by Gasteiger charge is 2.23. The van der Waals surface area contributed by atoms with Gasteiger partial charge in [-0.05, 0) is 31.9 Å². The van der Waals surface area contributed by atoms with Gasteiger partial charge in [0.1, 0.15) is 4.99 Å². The highest BCUT2D eigenvalue weighted by atomic mass is 32.1. The van der Waals surface area contributed by atoms with E-state index in [0.29, 0.717) is 17.2 Å². The molecule has 1 fully saturated rings. The molecule has 1 aromatic rings. The molecule has 0 saturated carbocycles. The van der Waals surface area contributed by atoms with Crippen LogP contribution in [0.3, 0.4) is 0 Å². The maximum atomic E-state index is 5.85. The minimum Gasteiger partial charge on any atom is -0.389 e. The molecule has 2 unspecified atom stereocenters. The molecule has 2 atom stereocenters. The van der Waals surface area contributed by atoms with Crippen molar-refractivity contribution in [1.82, 2.24) is 0 Å². The third-order valence-corrected chi connectivity index (χ3v) is 3.60. The number of hydrogen-bond acceptors (Lipinski definition) is 3. The van der Waals surface area contributed by atoms with Gasteiger partial charge in [-0.3, -0.25) is 0 Å². The summed E-state index contributed by atoms with van der Waals surface area (Å²) in [7, 11) is 2.06. The van der Waals surface area contributed by atoms with Crippen molar-refractivity contribution in [2.45, 2.75) is 32.0 Å². The number of nitrogens with two attached hydrogens (primary N) is 1. The Kier molecular flexibility index (Phi) is 4.19. The first-order chi connectivity index (χ1) is 8.58. The van der Waals surface area contributed by atoms with Crippen LogP contribution in [-0.2, 0) is 4.74 Å². The Morgan fingerprint density at radius 3 is 2.78 bits per heavy atom. The fourth-order valence-electron chi connectivity index (χ4n) is 2.44. The second-order valence-electron chi connectivity index (χ2n) is 4.91. The molecule has 1 aliphatic rings. The highest BCUT2D eigenvalue weighted by molar-refractivity contribution is 7.80. The molecule has 1 heterocycles. The Balaban J connectivity index is 2.09. The van der Waals surface area contributed by atoms with Crippen molar-refractivity contribution in [2.24, 2.45) is 5.73 Å². The average Bonchev–Trinajstić information content (AvgIpc) is 2.74. The predicted octanol–water partition coefficient (Wildman–Crippen LogP) is 2.32. The average molecular weight is 264 g/mol. The van der Waals surface area contributed by atoms with E-state index < -0.39 is 0 Å². The van der Waals surface area contributed by atoms with Crippen molar-refractivity contribution in [3.63, 3.8) is 0 Å². The standard InChI is InChI=1S/C14H20N2OS/c1-10-7-8-11(17-10)9-16(2)13-6-4-3-5-12(13)14(15)18/h3-6,10-11H,7-9H2,1-2H3,(H2,15,18). The Labute approximate surface area is 114 Å². The van der Waals surface area contributed by atoms with Crippen LogP contribution >= 0.6 is 12.2 Å². The van der Waals surface area contributed by atoms with Crippen LogP contribution in [0.15, 0.2) is 24.3 Å². The molecular formula is C14H20N2OS. The first-order valence-corrected chi connectivity index (χ1v) is 6.74. The third-order valence-electron chi connectivity index (χ3n) is 3.38. The second kappa shape index (κ2) is 5.67. The number of thiocarbonyl (C=S) groups is 1. The fourth-order valence-corrected chi connectivity index (χ4v) is 2.61. The van der Waals surface area contributed by atoms with Crippen molar-refractivity contribution in [2.75, 3.05) is 18.5 Å². The largest absolute Gasteiger partial charge is 0.389 e. The van der Waals surface area contributed by atoms with Gasteiger partial charge in [-0.15, -0.1) is 0 Å². The smallest absolute Gasteiger partial charge is 0.106 e. The molecule has 2 N–H and O–H groups in total. The number of para-hydroxylation sites is 1. The van der Waals surface area contributed by atoms with Crippen molar-refractivity contribution in [1.29, 1.82) is 0 Å². The summed E-state index contributed by atoms with van der Waals surface area (Å²) in [5, 5.41) is 0. The van der Waals surface area contributed by atoms with Crippen molar-refractivity contribution >= 4 is 22.9 Å². The lowest BCUT2D eigenvalue weighted by Gasteiger charge is -2.25. The zero-order chi connectivity index (χ0) is 13.1. The molecule has 2 rings (SSSR count). The minimum atomic E-state index is 0.310. The highest BCUT2D eigenvalue weighted by Crippen LogP contribution is 2.24. The van der Waals surface area contributed by atoms with E-state index in [-0.39, 0.29) is 0 Å². The van der Waals surface area contributed by atoms with Gasteiger partial charge in [0.25, 0.3) is 0 Å². The van der Waals surface area contributed by atoms with Crippen LogP contribution < -0.4 is 10.6 Å². The van der Waals surface area contributed by atoms with Crippen molar-refractivity contribution in [3.05, 3.63) is 29.8 Å². The van der Waals surface area contributed by atoms with Crippen molar-refractivity contribution < 1.29 is 4.74 Å². The topological polar surface area (TPSA) is 38.5 Å². The van der Waals surface area contributed by atoms with E-state index >= 15 is 0 Å². The molecular weight excluding hydrogens is 244 g/mol. The molecule has 0 spiro atoms. The Morgan fingerprint density at radius 2 is 2.17 bits per heavy atom. The number of benzene rings is 1. The predicted molar refractivity (Wildman–Crippen MR) is 79.2 cm³/mol. The molecule has 0 bridgehead atoms. The van der Waals surface area contributed by atoms with Gasteiger partial charge in [-0.2, -0.15) is 0 Å². The zero-order valence-corrected chi connectivity index (χ0v) is 11.7. The number of anilines is 1. The van der Waals surface area contributed by atoms with Gasteiger partial charge in [0, 0.05) is 24.8 Å². The summed E-state index contributed by atoms with van der Waals surface area (Å²) >= 11 is 5.09. The molecule has 1 saturated heterocycles. The van der Waals surface area contributed by atoms with E-state index in [1.165, 1.54) is 0 Å². The van der Waals surface area contributed by atoms with Gasteiger partial charge >= 0.3 is 0 Å². The molecule has 4 heteroatoms. The van der Waals surface area contributed by atoms with Crippen molar-refractivity contribution in [3.8, 4) is 0 Å². The summed E-state index contributed by atoms with van der Waals surface area (Å²) in [6, 6.07) is 7.98. The van der Waals surface area contributed by atoms with Crippen LogP contribution in [0.1, 0.15) is 25.3 Å². The molecule has 1 aliphatic heterocycles. The molecule has 0 radical (unpaired) electrons. The van der Waals surface area contributed by atoms with E-state index in [2.05, 4.69) is 18.9 Å². The second-order valence-corrected chi connectivity index (χ2v) is 5.35. The summed E-state index contributed by atoms with van der Waals surface area (Å²) in [5.41, 5.74) is 7.76. The van der Waals surface area contributed by atoms with Crippen LogP contribution in [0.2, 0.25) is 0 Å². The van der Waals surface area contributed by atoms with Gasteiger partial charge < -0.3 is 15.4 Å². The normalized spacial score (nSPS) is 23.0. The fraction of sp³-hybridized carbons (Fsp3) is 0.500. The monoisotopic (exact) mass is 264 g/mol. The number of hydrogen-bond donors (Lipinski definition) is 1. The van der Waals surface area contributed by atoms with E-state index in [0.717, 1.165) is 30.6 Å². The minimum absolute atomic E-state index is 0.310. The number of likely N-dealkylation sites (N-methyl/N-ethyl adjacent to an activating group) is 1. The number of nitrogens with zero attached hydrogens (tertiary/aromatic N) is 1. The third kappa shape index (κ3) is 3.00. The van der Waals surface area contributed by atoms with Gasteiger partial charge in [0.2, 0.25) is 0 Å². The van der Waals surface area contributed by atoms with Gasteiger partial charge in [-0.25, -0.2) is 0 Å². The van der Waals surface area contributed by atoms with Gasteiger partial charge in [0.15, 0.2) is 0 Å². The van der Waals surface area contributed by atoms with E-state index in [1.54, 1.807) is 0 Å². The summed E-state index contributed by atoms with van der Waals surface area (Å²) in [6.45, 7) is 3.01. The molecule has 18 heavy (non-hydrogen) atoms.